The van der Waals surface area contributed by atoms with Gasteiger partial charge in [0.25, 0.3) is 0 Å². The van der Waals surface area contributed by atoms with Gasteiger partial charge in [0.05, 0.1) is 0 Å². The van der Waals surface area contributed by atoms with Crippen LogP contribution in [0.5, 0.6) is 0 Å². The molecule has 6 nitrogen and oxygen atoms in total. The molecule has 7 heteroatoms. The zero-order valence-corrected chi connectivity index (χ0v) is 8.88. The van der Waals surface area contributed by atoms with Gasteiger partial charge in [-0.3, -0.25) is 4.79 Å². The zero-order chi connectivity index (χ0) is 12.1. The average Bonchev–Trinajstić information content (AvgIpc) is 2.81. The Balaban J connectivity index is 1.86. The first-order chi connectivity index (χ1) is 8.25. The first kappa shape index (κ1) is 11.2. The number of tetrazole rings is 1. The molecule has 88 valence electrons. The molecule has 1 N–H and O–H groups in total. The van der Waals surface area contributed by atoms with E-state index in [2.05, 4.69) is 20.8 Å². The molecule has 1 amide bonds. The molecule has 0 saturated heterocycles. The molecule has 0 atom stereocenters. The van der Waals surface area contributed by atoms with Gasteiger partial charge in [-0.2, -0.15) is 0 Å². The Morgan fingerprint density at radius 2 is 2.24 bits per heavy atom. The van der Waals surface area contributed by atoms with Crippen molar-refractivity contribution in [3.63, 3.8) is 0 Å². The molecule has 2 aromatic rings. The molecule has 1 aromatic carbocycles. The van der Waals surface area contributed by atoms with Crippen molar-refractivity contribution in [3.8, 4) is 0 Å². The Morgan fingerprint density at radius 1 is 1.41 bits per heavy atom. The lowest BCUT2D eigenvalue weighted by atomic mass is 10.2. The maximum absolute atomic E-state index is 13.2. The monoisotopic (exact) mass is 235 g/mol. The van der Waals surface area contributed by atoms with Crippen molar-refractivity contribution >= 4 is 5.91 Å². The second-order valence-electron chi connectivity index (χ2n) is 3.38. The van der Waals surface area contributed by atoms with E-state index in [0.29, 0.717) is 5.56 Å². The van der Waals surface area contributed by atoms with Crippen molar-refractivity contribution in [2.24, 2.45) is 0 Å². The van der Waals surface area contributed by atoms with Gasteiger partial charge in [0.2, 0.25) is 5.91 Å². The molecule has 1 aromatic heterocycles. The summed E-state index contributed by atoms with van der Waals surface area (Å²) in [6, 6.07) is 6.28. The summed E-state index contributed by atoms with van der Waals surface area (Å²) >= 11 is 0. The highest BCUT2D eigenvalue weighted by Crippen LogP contribution is 2.05. The number of carbonyl (C=O) groups is 1. The summed E-state index contributed by atoms with van der Waals surface area (Å²) in [6.07, 6.45) is 1.34. The van der Waals surface area contributed by atoms with Crippen LogP contribution < -0.4 is 5.32 Å². The summed E-state index contributed by atoms with van der Waals surface area (Å²) in [7, 11) is 0. The van der Waals surface area contributed by atoms with Crippen LogP contribution in [0, 0.1) is 5.82 Å². The van der Waals surface area contributed by atoms with Gasteiger partial charge in [0.1, 0.15) is 18.7 Å². The van der Waals surface area contributed by atoms with Crippen molar-refractivity contribution in [1.29, 1.82) is 0 Å². The minimum atomic E-state index is -0.338. The topological polar surface area (TPSA) is 72.7 Å². The first-order valence-corrected chi connectivity index (χ1v) is 4.96. The van der Waals surface area contributed by atoms with E-state index >= 15 is 0 Å². The largest absolute Gasteiger partial charge is 0.350 e. The Kier molecular flexibility index (Phi) is 3.39. The van der Waals surface area contributed by atoms with Crippen LogP contribution in [0.2, 0.25) is 0 Å². The van der Waals surface area contributed by atoms with E-state index in [4.69, 9.17) is 0 Å². The van der Waals surface area contributed by atoms with Crippen LogP contribution in [-0.2, 0) is 17.9 Å². The fraction of sp³-hybridized carbons (Fsp3) is 0.200. The molecule has 0 fully saturated rings. The van der Waals surface area contributed by atoms with Crippen molar-refractivity contribution in [3.05, 3.63) is 42.0 Å². The van der Waals surface area contributed by atoms with Crippen LogP contribution in [-0.4, -0.2) is 26.1 Å². The lowest BCUT2D eigenvalue weighted by Crippen LogP contribution is -2.27. The number of nitrogens with zero attached hydrogens (tertiary/aromatic N) is 4. The Labute approximate surface area is 96.4 Å². The number of halogens is 1. The van der Waals surface area contributed by atoms with Gasteiger partial charge in [-0.25, -0.2) is 9.07 Å². The van der Waals surface area contributed by atoms with Crippen LogP contribution in [0.3, 0.4) is 0 Å². The predicted molar refractivity (Wildman–Crippen MR) is 56.1 cm³/mol. The van der Waals surface area contributed by atoms with Gasteiger partial charge in [0, 0.05) is 12.1 Å². The molecule has 0 aliphatic rings. The third-order valence-corrected chi connectivity index (χ3v) is 2.13. The van der Waals surface area contributed by atoms with Gasteiger partial charge >= 0.3 is 0 Å². The van der Waals surface area contributed by atoms with Crippen LogP contribution in [0.1, 0.15) is 5.56 Å². The predicted octanol–water partition coefficient (Wildman–Crippen LogP) is 0.129. The van der Waals surface area contributed by atoms with Gasteiger partial charge in [0.15, 0.2) is 0 Å². The number of hydrogen-bond donors (Lipinski definition) is 1. The number of rotatable bonds is 4. The van der Waals surface area contributed by atoms with Gasteiger partial charge in [-0.15, -0.1) is 5.10 Å². The smallest absolute Gasteiger partial charge is 0.242 e. The van der Waals surface area contributed by atoms with Crippen molar-refractivity contribution in [2.75, 3.05) is 0 Å². The van der Waals surface area contributed by atoms with Crippen LogP contribution in [0.4, 0.5) is 4.39 Å². The number of amides is 1. The zero-order valence-electron chi connectivity index (χ0n) is 8.88. The standard InChI is InChI=1S/C10H10FN5O/c11-9-4-2-1-3-8(9)5-12-10(17)6-16-7-13-14-15-16/h1-4,7H,5-6H2,(H,12,17). The number of aromatic nitrogens is 4. The summed E-state index contributed by atoms with van der Waals surface area (Å²) in [5, 5.41) is 12.9. The van der Waals surface area contributed by atoms with Crippen LogP contribution in [0.15, 0.2) is 30.6 Å². The molecular formula is C10H10FN5O. The van der Waals surface area contributed by atoms with Crippen molar-refractivity contribution in [1.82, 2.24) is 25.5 Å². The van der Waals surface area contributed by atoms with Crippen molar-refractivity contribution in [2.45, 2.75) is 13.1 Å². The summed E-state index contributed by atoms with van der Waals surface area (Å²) in [5.41, 5.74) is 0.442. The van der Waals surface area contributed by atoms with Crippen LogP contribution >= 0.6 is 0 Å². The SMILES string of the molecule is O=C(Cn1cnnn1)NCc1ccccc1F. The number of hydrogen-bond acceptors (Lipinski definition) is 4. The second-order valence-corrected chi connectivity index (χ2v) is 3.38. The first-order valence-electron chi connectivity index (χ1n) is 4.96. The fourth-order valence-electron chi connectivity index (χ4n) is 1.29. The lowest BCUT2D eigenvalue weighted by molar-refractivity contribution is -0.122. The van der Waals surface area contributed by atoms with E-state index in [1.165, 1.54) is 17.1 Å². The lowest BCUT2D eigenvalue weighted by Gasteiger charge is -2.05. The Morgan fingerprint density at radius 3 is 2.94 bits per heavy atom. The maximum Gasteiger partial charge on any atom is 0.242 e. The summed E-state index contributed by atoms with van der Waals surface area (Å²) < 4.78 is 14.5. The van der Waals surface area contributed by atoms with E-state index in [1.807, 2.05) is 0 Å². The van der Waals surface area contributed by atoms with Gasteiger partial charge in [-0.1, -0.05) is 18.2 Å². The molecule has 0 saturated carbocycles. The maximum atomic E-state index is 13.2. The molecule has 2 rings (SSSR count). The highest BCUT2D eigenvalue weighted by molar-refractivity contribution is 5.75. The van der Waals surface area contributed by atoms with E-state index in [-0.39, 0.29) is 24.8 Å². The fourth-order valence-corrected chi connectivity index (χ4v) is 1.29. The molecule has 17 heavy (non-hydrogen) atoms. The van der Waals surface area contributed by atoms with E-state index in [1.54, 1.807) is 18.2 Å². The van der Waals surface area contributed by atoms with Gasteiger partial charge < -0.3 is 5.32 Å². The summed E-state index contributed by atoms with van der Waals surface area (Å²) in [4.78, 5) is 11.4. The van der Waals surface area contributed by atoms with E-state index in [0.717, 1.165) is 0 Å². The molecule has 1 heterocycles. The number of benzene rings is 1. The summed E-state index contributed by atoms with van der Waals surface area (Å²) in [6.45, 7) is 0.162. The number of carbonyl (C=O) groups excluding carboxylic acids is 1. The normalized spacial score (nSPS) is 10.2. The third-order valence-electron chi connectivity index (χ3n) is 2.13. The quantitative estimate of drug-likeness (QED) is 0.817. The Bertz CT molecular complexity index is 499. The van der Waals surface area contributed by atoms with Crippen molar-refractivity contribution < 1.29 is 9.18 Å². The average molecular weight is 235 g/mol. The minimum Gasteiger partial charge on any atom is -0.350 e. The molecule has 0 radical (unpaired) electrons. The molecule has 0 unspecified atom stereocenters. The van der Waals surface area contributed by atoms with E-state index in [9.17, 15) is 9.18 Å². The second kappa shape index (κ2) is 5.15. The Hall–Kier alpha value is -2.31. The van der Waals surface area contributed by atoms with Crippen LogP contribution in [0.25, 0.3) is 0 Å². The third kappa shape index (κ3) is 3.07. The minimum absolute atomic E-state index is 0.0153. The van der Waals surface area contributed by atoms with Gasteiger partial charge in [-0.05, 0) is 16.5 Å². The van der Waals surface area contributed by atoms with E-state index < -0.39 is 0 Å². The summed E-state index contributed by atoms with van der Waals surface area (Å²) in [5.74, 6) is -0.615. The highest BCUT2D eigenvalue weighted by Gasteiger charge is 2.05. The molecular weight excluding hydrogens is 225 g/mol. The number of nitrogens with one attached hydrogen (secondary N) is 1. The highest BCUT2D eigenvalue weighted by atomic mass is 19.1. The molecule has 0 aliphatic carbocycles. The molecule has 0 spiro atoms. The molecule has 0 aliphatic heterocycles. The molecule has 0 bridgehead atoms.